The van der Waals surface area contributed by atoms with Crippen LogP contribution in [0.5, 0.6) is 0 Å². The number of rotatable bonds is 6. The minimum atomic E-state index is -0.524. The molecule has 0 atom stereocenters. The molecule has 8 nitrogen and oxygen atoms in total. The second kappa shape index (κ2) is 9.53. The lowest BCUT2D eigenvalue weighted by Gasteiger charge is -2.11. The molecule has 0 bridgehead atoms. The van der Waals surface area contributed by atoms with Gasteiger partial charge in [-0.2, -0.15) is 0 Å². The number of carbonyl (C=O) groups excluding carboxylic acids is 2. The van der Waals surface area contributed by atoms with Gasteiger partial charge in [0.2, 0.25) is 5.91 Å². The van der Waals surface area contributed by atoms with E-state index in [2.05, 4.69) is 20.9 Å². The quantitative estimate of drug-likeness (QED) is 0.375. The lowest BCUT2D eigenvalue weighted by molar-refractivity contribution is -0.116. The third kappa shape index (κ3) is 5.09. The van der Waals surface area contributed by atoms with Gasteiger partial charge in [-0.05, 0) is 60.4 Å². The lowest BCUT2D eigenvalue weighted by atomic mass is 10.0. The Hall–Kier alpha value is -4.53. The van der Waals surface area contributed by atoms with Crippen molar-refractivity contribution in [1.82, 2.24) is 15.0 Å². The minimum Gasteiger partial charge on any atom is -0.397 e. The first-order chi connectivity index (χ1) is 16.3. The number of benzene rings is 3. The maximum absolute atomic E-state index is 13.2. The molecular formula is C25H23FN6O2. The van der Waals surface area contributed by atoms with E-state index in [4.69, 9.17) is 5.73 Å². The van der Waals surface area contributed by atoms with Crippen LogP contribution in [0.2, 0.25) is 0 Å². The van der Waals surface area contributed by atoms with Crippen molar-refractivity contribution < 1.29 is 14.0 Å². The van der Waals surface area contributed by atoms with Gasteiger partial charge in [-0.25, -0.2) is 9.07 Å². The summed E-state index contributed by atoms with van der Waals surface area (Å²) in [5, 5.41) is 13.3. The van der Waals surface area contributed by atoms with Gasteiger partial charge in [-0.3, -0.25) is 9.59 Å². The topological polar surface area (TPSA) is 115 Å². The Labute approximate surface area is 195 Å². The number of nitrogens with one attached hydrogen (secondary N) is 2. The van der Waals surface area contributed by atoms with Crippen LogP contribution in [0.15, 0.2) is 66.9 Å². The molecule has 0 aliphatic carbocycles. The molecule has 0 spiro atoms. The molecule has 4 rings (SSSR count). The monoisotopic (exact) mass is 458 g/mol. The van der Waals surface area contributed by atoms with Crippen LogP contribution in [0.4, 0.5) is 21.5 Å². The summed E-state index contributed by atoms with van der Waals surface area (Å²) in [6.07, 6.45) is 1.39. The van der Waals surface area contributed by atoms with Gasteiger partial charge in [-0.15, -0.1) is 5.10 Å². The number of nitrogens with zero attached hydrogens (tertiary/aromatic N) is 3. The SMILES string of the molecule is Cc1cccc(C)c1NC(=O)Cn1cc(C(=O)Nc2cc(-c3ccc(F)cc3)ccc2N)nn1. The maximum Gasteiger partial charge on any atom is 0.277 e. The molecule has 0 unspecified atom stereocenters. The van der Waals surface area contributed by atoms with Crippen LogP contribution < -0.4 is 16.4 Å². The Morgan fingerprint density at radius 1 is 0.971 bits per heavy atom. The molecule has 172 valence electrons. The van der Waals surface area contributed by atoms with Gasteiger partial charge in [0, 0.05) is 5.69 Å². The van der Waals surface area contributed by atoms with E-state index in [1.54, 1.807) is 30.3 Å². The summed E-state index contributed by atoms with van der Waals surface area (Å²) < 4.78 is 14.5. The zero-order valence-corrected chi connectivity index (χ0v) is 18.7. The molecule has 2 amide bonds. The highest BCUT2D eigenvalue weighted by Crippen LogP contribution is 2.28. The number of aromatic nitrogens is 3. The first-order valence-corrected chi connectivity index (χ1v) is 10.5. The van der Waals surface area contributed by atoms with E-state index in [9.17, 15) is 14.0 Å². The molecule has 0 saturated heterocycles. The number of amides is 2. The number of para-hydroxylation sites is 1. The standard InChI is InChI=1S/C25H23FN6O2/c1-15-4-3-5-16(2)24(15)29-23(33)14-32-13-22(30-31-32)25(34)28-21-12-18(8-11-20(21)27)17-6-9-19(26)10-7-17/h3-13H,14,27H2,1-2H3,(H,28,34)(H,29,33). The molecule has 0 aliphatic heterocycles. The molecule has 0 aliphatic rings. The van der Waals surface area contributed by atoms with Gasteiger partial charge in [0.15, 0.2) is 5.69 Å². The summed E-state index contributed by atoms with van der Waals surface area (Å²) in [6, 6.07) is 16.9. The third-order valence-electron chi connectivity index (χ3n) is 5.30. The molecule has 0 radical (unpaired) electrons. The Morgan fingerprint density at radius 2 is 1.65 bits per heavy atom. The molecular weight excluding hydrogens is 435 g/mol. The first-order valence-electron chi connectivity index (χ1n) is 10.5. The zero-order chi connectivity index (χ0) is 24.2. The van der Waals surface area contributed by atoms with Crippen molar-refractivity contribution in [2.75, 3.05) is 16.4 Å². The number of anilines is 3. The number of aryl methyl sites for hydroxylation is 2. The highest BCUT2D eigenvalue weighted by molar-refractivity contribution is 6.04. The predicted molar refractivity (Wildman–Crippen MR) is 129 cm³/mol. The van der Waals surface area contributed by atoms with E-state index < -0.39 is 5.91 Å². The lowest BCUT2D eigenvalue weighted by Crippen LogP contribution is -2.20. The van der Waals surface area contributed by atoms with Crippen molar-refractivity contribution in [1.29, 1.82) is 0 Å². The molecule has 0 saturated carbocycles. The predicted octanol–water partition coefficient (Wildman–Crippen LogP) is 4.17. The Bertz CT molecular complexity index is 1340. The van der Waals surface area contributed by atoms with Gasteiger partial charge in [0.25, 0.3) is 5.91 Å². The van der Waals surface area contributed by atoms with Crippen LogP contribution >= 0.6 is 0 Å². The number of hydrogen-bond donors (Lipinski definition) is 3. The average molecular weight is 458 g/mol. The van der Waals surface area contributed by atoms with Gasteiger partial charge < -0.3 is 16.4 Å². The van der Waals surface area contributed by atoms with E-state index in [0.717, 1.165) is 27.9 Å². The van der Waals surface area contributed by atoms with Gasteiger partial charge in [-0.1, -0.05) is 41.6 Å². The Balaban J connectivity index is 1.44. The second-order valence-electron chi connectivity index (χ2n) is 7.88. The summed E-state index contributed by atoms with van der Waals surface area (Å²) in [5.74, 6) is -1.15. The first kappa shape index (κ1) is 22.7. The number of nitrogens with two attached hydrogens (primary N) is 1. The Morgan fingerprint density at radius 3 is 2.35 bits per heavy atom. The molecule has 9 heteroatoms. The van der Waals surface area contributed by atoms with Gasteiger partial charge in [0.05, 0.1) is 17.6 Å². The van der Waals surface area contributed by atoms with Crippen LogP contribution in [0.3, 0.4) is 0 Å². The summed E-state index contributed by atoms with van der Waals surface area (Å²) in [7, 11) is 0. The van der Waals surface area contributed by atoms with Crippen molar-refractivity contribution >= 4 is 28.9 Å². The van der Waals surface area contributed by atoms with Crippen molar-refractivity contribution in [3.63, 3.8) is 0 Å². The largest absolute Gasteiger partial charge is 0.397 e. The van der Waals surface area contributed by atoms with E-state index in [1.807, 2.05) is 32.0 Å². The normalized spacial score (nSPS) is 10.7. The number of nitrogen functional groups attached to an aromatic ring is 1. The number of halogens is 1. The van der Waals surface area contributed by atoms with Crippen LogP contribution in [-0.2, 0) is 11.3 Å². The molecule has 34 heavy (non-hydrogen) atoms. The van der Waals surface area contributed by atoms with Gasteiger partial charge in [0.1, 0.15) is 12.4 Å². The number of hydrogen-bond acceptors (Lipinski definition) is 5. The van der Waals surface area contributed by atoms with Crippen molar-refractivity contribution in [2.45, 2.75) is 20.4 Å². The maximum atomic E-state index is 13.2. The highest BCUT2D eigenvalue weighted by Gasteiger charge is 2.15. The summed E-state index contributed by atoms with van der Waals surface area (Å²) in [6.45, 7) is 3.73. The van der Waals surface area contributed by atoms with Crippen LogP contribution in [0.25, 0.3) is 11.1 Å². The zero-order valence-electron chi connectivity index (χ0n) is 18.7. The summed E-state index contributed by atoms with van der Waals surface area (Å²) >= 11 is 0. The molecule has 1 heterocycles. The highest BCUT2D eigenvalue weighted by atomic mass is 19.1. The fraction of sp³-hybridized carbons (Fsp3) is 0.120. The van der Waals surface area contributed by atoms with E-state index in [0.29, 0.717) is 11.4 Å². The molecule has 4 N–H and O–H groups in total. The van der Waals surface area contributed by atoms with Crippen molar-refractivity contribution in [3.05, 3.63) is 89.5 Å². The van der Waals surface area contributed by atoms with Gasteiger partial charge >= 0.3 is 0 Å². The van der Waals surface area contributed by atoms with Crippen LogP contribution in [-0.4, -0.2) is 26.8 Å². The third-order valence-corrected chi connectivity index (χ3v) is 5.30. The average Bonchev–Trinajstić information content (AvgIpc) is 3.27. The van der Waals surface area contributed by atoms with Crippen molar-refractivity contribution in [3.8, 4) is 11.1 Å². The fourth-order valence-electron chi connectivity index (χ4n) is 3.49. The second-order valence-corrected chi connectivity index (χ2v) is 7.88. The smallest absolute Gasteiger partial charge is 0.277 e. The number of carbonyl (C=O) groups is 2. The summed E-state index contributed by atoms with van der Waals surface area (Å²) in [4.78, 5) is 25.2. The molecule has 0 fully saturated rings. The Kier molecular flexibility index (Phi) is 6.35. The minimum absolute atomic E-state index is 0.0338. The van der Waals surface area contributed by atoms with E-state index >= 15 is 0 Å². The molecule has 1 aromatic heterocycles. The summed E-state index contributed by atoms with van der Waals surface area (Å²) in [5.41, 5.74) is 11.0. The fourth-order valence-corrected chi connectivity index (χ4v) is 3.49. The molecule has 4 aromatic rings. The molecule has 3 aromatic carbocycles. The van der Waals surface area contributed by atoms with Crippen molar-refractivity contribution in [2.24, 2.45) is 0 Å². The van der Waals surface area contributed by atoms with E-state index in [1.165, 1.54) is 23.0 Å². The van der Waals surface area contributed by atoms with E-state index in [-0.39, 0.29) is 24.0 Å². The van der Waals surface area contributed by atoms with Crippen LogP contribution in [0, 0.1) is 19.7 Å². The van der Waals surface area contributed by atoms with Crippen LogP contribution in [0.1, 0.15) is 21.6 Å².